The quantitative estimate of drug-likeness (QED) is 0.489. The van der Waals surface area contributed by atoms with Crippen LogP contribution in [0.5, 0.6) is 5.75 Å². The molecule has 2 aromatic carbocycles. The van der Waals surface area contributed by atoms with Gasteiger partial charge in [0, 0.05) is 32.9 Å². The Kier molecular flexibility index (Phi) is 3.16. The molecular weight excluding hydrogens is 311 g/mol. The maximum absolute atomic E-state index is 14.0. The van der Waals surface area contributed by atoms with Gasteiger partial charge in [-0.1, -0.05) is 0 Å². The number of fused-ring (bicyclic) bond motifs is 2. The number of aryl methyl sites for hydroxylation is 1. The van der Waals surface area contributed by atoms with Crippen molar-refractivity contribution in [2.75, 3.05) is 5.32 Å². The summed E-state index contributed by atoms with van der Waals surface area (Å²) in [5.41, 5.74) is 1.96. The fraction of sp³-hybridized carbons (Fsp3) is 0.0556. The van der Waals surface area contributed by atoms with Crippen molar-refractivity contribution < 1.29 is 9.50 Å². The van der Waals surface area contributed by atoms with Crippen molar-refractivity contribution >= 4 is 43.7 Å². The number of hydrogen-bond donors (Lipinski definition) is 2. The van der Waals surface area contributed by atoms with Crippen molar-refractivity contribution in [1.29, 1.82) is 0 Å². The number of anilines is 2. The van der Waals surface area contributed by atoms with Gasteiger partial charge in [0.1, 0.15) is 11.6 Å². The van der Waals surface area contributed by atoms with Crippen molar-refractivity contribution in [1.82, 2.24) is 4.98 Å². The monoisotopic (exact) mass is 324 g/mol. The molecule has 4 aromatic rings. The van der Waals surface area contributed by atoms with Crippen LogP contribution < -0.4 is 5.32 Å². The van der Waals surface area contributed by atoms with E-state index in [4.69, 9.17) is 0 Å². The summed E-state index contributed by atoms with van der Waals surface area (Å²) in [6, 6.07) is 12.2. The maximum atomic E-state index is 14.0. The van der Waals surface area contributed by atoms with E-state index in [1.807, 2.05) is 12.1 Å². The van der Waals surface area contributed by atoms with Crippen molar-refractivity contribution in [3.63, 3.8) is 0 Å². The molecule has 0 aliphatic carbocycles. The molecule has 0 aliphatic heterocycles. The minimum Gasteiger partial charge on any atom is -0.508 e. The highest BCUT2D eigenvalue weighted by Gasteiger charge is 2.09. The number of halogens is 1. The predicted octanol–water partition coefficient (Wildman–Crippen LogP) is 5.35. The lowest BCUT2D eigenvalue weighted by Crippen LogP contribution is -1.95. The lowest BCUT2D eigenvalue weighted by atomic mass is 10.1. The summed E-state index contributed by atoms with van der Waals surface area (Å²) in [5.74, 6) is -0.591. The van der Waals surface area contributed by atoms with E-state index in [0.29, 0.717) is 5.69 Å². The minimum absolute atomic E-state index is 0.0941. The van der Waals surface area contributed by atoms with Crippen LogP contribution in [0.4, 0.5) is 15.8 Å². The number of aromatic hydroxyl groups is 1. The average molecular weight is 324 g/mol. The van der Waals surface area contributed by atoms with E-state index in [1.165, 1.54) is 27.1 Å². The second-order valence-electron chi connectivity index (χ2n) is 5.41. The summed E-state index contributed by atoms with van der Waals surface area (Å²) < 4.78 is 15.1. The van der Waals surface area contributed by atoms with Gasteiger partial charge >= 0.3 is 0 Å². The number of thiophene rings is 1. The summed E-state index contributed by atoms with van der Waals surface area (Å²) in [5, 5.41) is 14.5. The van der Waals surface area contributed by atoms with E-state index in [9.17, 15) is 9.50 Å². The molecular formula is C18H13FN2OS. The van der Waals surface area contributed by atoms with Gasteiger partial charge in [-0.2, -0.15) is 0 Å². The van der Waals surface area contributed by atoms with E-state index in [0.717, 1.165) is 22.7 Å². The smallest absolute Gasteiger partial charge is 0.150 e. The van der Waals surface area contributed by atoms with Gasteiger partial charge in [0.05, 0.1) is 11.2 Å². The van der Waals surface area contributed by atoms with E-state index >= 15 is 0 Å². The van der Waals surface area contributed by atoms with Crippen LogP contribution in [0.15, 0.2) is 48.7 Å². The first-order chi connectivity index (χ1) is 11.1. The second-order valence-corrected chi connectivity index (χ2v) is 6.70. The Hall–Kier alpha value is -2.66. The summed E-state index contributed by atoms with van der Waals surface area (Å²) in [4.78, 5) is 5.66. The predicted molar refractivity (Wildman–Crippen MR) is 93.2 cm³/mol. The minimum atomic E-state index is -0.497. The first-order valence-electron chi connectivity index (χ1n) is 7.14. The van der Waals surface area contributed by atoms with Gasteiger partial charge in [0.15, 0.2) is 0 Å². The first-order valence-corrected chi connectivity index (χ1v) is 7.96. The Morgan fingerprint density at radius 2 is 1.96 bits per heavy atom. The molecule has 0 aliphatic rings. The molecule has 0 amide bonds. The van der Waals surface area contributed by atoms with Crippen LogP contribution in [-0.4, -0.2) is 10.1 Å². The third-order valence-electron chi connectivity index (χ3n) is 3.72. The number of pyridine rings is 1. The second kappa shape index (κ2) is 5.21. The van der Waals surface area contributed by atoms with Gasteiger partial charge in [-0.15, -0.1) is 11.3 Å². The summed E-state index contributed by atoms with van der Waals surface area (Å²) in [6.07, 6.45) is 1.70. The van der Waals surface area contributed by atoms with E-state index in [-0.39, 0.29) is 5.75 Å². The van der Waals surface area contributed by atoms with Crippen LogP contribution in [0.1, 0.15) is 4.88 Å². The van der Waals surface area contributed by atoms with E-state index < -0.39 is 5.82 Å². The summed E-state index contributed by atoms with van der Waals surface area (Å²) >= 11 is 1.72. The van der Waals surface area contributed by atoms with Crippen LogP contribution in [0.2, 0.25) is 0 Å². The molecule has 4 rings (SSSR count). The van der Waals surface area contributed by atoms with Crippen molar-refractivity contribution in [2.45, 2.75) is 6.92 Å². The molecule has 114 valence electrons. The van der Waals surface area contributed by atoms with Gasteiger partial charge in [-0.3, -0.25) is 4.98 Å². The highest BCUT2D eigenvalue weighted by Crippen LogP contribution is 2.33. The number of phenols is 1. The number of phenolic OH excluding ortho intramolecular Hbond substituents is 1. The maximum Gasteiger partial charge on any atom is 0.150 e. The number of rotatable bonds is 2. The van der Waals surface area contributed by atoms with Crippen molar-refractivity contribution in [2.24, 2.45) is 0 Å². The highest BCUT2D eigenvalue weighted by molar-refractivity contribution is 7.19. The van der Waals surface area contributed by atoms with Crippen LogP contribution in [0, 0.1) is 12.7 Å². The average Bonchev–Trinajstić information content (AvgIpc) is 2.87. The molecule has 2 N–H and O–H groups in total. The van der Waals surface area contributed by atoms with Crippen molar-refractivity contribution in [3.05, 3.63) is 59.4 Å². The normalized spacial score (nSPS) is 11.2. The van der Waals surface area contributed by atoms with Gasteiger partial charge in [0.2, 0.25) is 0 Å². The van der Waals surface area contributed by atoms with Crippen LogP contribution in [0.25, 0.3) is 21.0 Å². The summed E-state index contributed by atoms with van der Waals surface area (Å²) in [6.45, 7) is 2.08. The fourth-order valence-corrected chi connectivity index (χ4v) is 3.62. The molecule has 0 atom stereocenters. The number of nitrogens with zero attached hydrogens (tertiary/aromatic N) is 1. The molecule has 3 nitrogen and oxygen atoms in total. The zero-order chi connectivity index (χ0) is 16.0. The van der Waals surface area contributed by atoms with Crippen molar-refractivity contribution in [3.8, 4) is 5.75 Å². The zero-order valence-electron chi connectivity index (χ0n) is 12.3. The Bertz CT molecular complexity index is 1040. The largest absolute Gasteiger partial charge is 0.508 e. The Morgan fingerprint density at radius 1 is 1.09 bits per heavy atom. The van der Waals surface area contributed by atoms with Gasteiger partial charge in [-0.05, 0) is 48.7 Å². The van der Waals surface area contributed by atoms with Crippen LogP contribution in [0.3, 0.4) is 0 Å². The summed E-state index contributed by atoms with van der Waals surface area (Å²) in [7, 11) is 0. The van der Waals surface area contributed by atoms with Gasteiger partial charge in [-0.25, -0.2) is 4.39 Å². The molecule has 2 aromatic heterocycles. The molecule has 0 saturated heterocycles. The molecule has 0 saturated carbocycles. The standard InChI is InChI=1S/C18H13FN2OS/c1-10-6-11-7-17-13(9-18(11)23-10)15(4-5-20-17)21-16-3-2-12(22)8-14(16)19/h2-9,22H,1H3,(H,20,21). The van der Waals surface area contributed by atoms with Gasteiger partial charge in [0.25, 0.3) is 0 Å². The van der Waals surface area contributed by atoms with Gasteiger partial charge < -0.3 is 10.4 Å². The molecule has 2 heterocycles. The Balaban J connectivity index is 1.87. The number of nitrogens with one attached hydrogen (secondary N) is 1. The lowest BCUT2D eigenvalue weighted by Gasteiger charge is -2.10. The lowest BCUT2D eigenvalue weighted by molar-refractivity contribution is 0.469. The fourth-order valence-electron chi connectivity index (χ4n) is 2.67. The Morgan fingerprint density at radius 3 is 2.78 bits per heavy atom. The highest BCUT2D eigenvalue weighted by atomic mass is 32.1. The third kappa shape index (κ3) is 2.49. The first kappa shape index (κ1) is 14.0. The number of aromatic nitrogens is 1. The molecule has 23 heavy (non-hydrogen) atoms. The number of hydrogen-bond acceptors (Lipinski definition) is 4. The molecule has 0 unspecified atom stereocenters. The van der Waals surface area contributed by atoms with E-state index in [1.54, 1.807) is 17.5 Å². The topological polar surface area (TPSA) is 45.2 Å². The molecule has 0 bridgehead atoms. The zero-order valence-corrected chi connectivity index (χ0v) is 13.1. The van der Waals surface area contributed by atoms with Crippen LogP contribution in [-0.2, 0) is 0 Å². The molecule has 0 spiro atoms. The third-order valence-corrected chi connectivity index (χ3v) is 4.74. The van der Waals surface area contributed by atoms with E-state index in [2.05, 4.69) is 29.4 Å². The van der Waals surface area contributed by atoms with Crippen LogP contribution >= 0.6 is 11.3 Å². The molecule has 0 radical (unpaired) electrons. The molecule has 0 fully saturated rings. The SMILES string of the molecule is Cc1cc2cc3nccc(Nc4ccc(O)cc4F)c3cc2s1. The number of benzene rings is 2. The Labute approximate surface area is 136 Å². The molecule has 5 heteroatoms.